The first kappa shape index (κ1) is 67.1. The van der Waals surface area contributed by atoms with Crippen LogP contribution in [0.25, 0.3) is 55.9 Å². The molecule has 10 aromatic rings. The Balaban J connectivity index is 0.000000470. The number of nitriles is 4. The molecule has 76 heavy (non-hydrogen) atoms. The van der Waals surface area contributed by atoms with Gasteiger partial charge in [-0.3, -0.25) is 24.3 Å². The second-order valence-electron chi connectivity index (χ2n) is 14.1. The maximum Gasteiger partial charge on any atom is 0.108 e. The fourth-order valence-electron chi connectivity index (χ4n) is 5.97. The number of hydrogen-bond donors (Lipinski definition) is 0. The van der Waals surface area contributed by atoms with E-state index >= 15 is 0 Å². The van der Waals surface area contributed by atoms with Crippen molar-refractivity contribution in [2.45, 2.75) is 19.8 Å². The van der Waals surface area contributed by atoms with Crippen molar-refractivity contribution in [3.63, 3.8) is 0 Å². The molecule has 6 heterocycles. The molecule has 0 N–H and O–H groups in total. The first-order valence-electron chi connectivity index (χ1n) is 21.3. The van der Waals surface area contributed by atoms with Gasteiger partial charge >= 0.3 is 0 Å². The molecule has 0 bridgehead atoms. The number of aromatic nitrogens is 9. The average molecular weight is 1720 g/mol. The van der Waals surface area contributed by atoms with E-state index in [2.05, 4.69) is 101 Å². The Hall–Kier alpha value is -6.87. The van der Waals surface area contributed by atoms with Crippen LogP contribution in [0.5, 0.6) is 0 Å². The third-order valence-corrected chi connectivity index (χ3v) is 10.0. The van der Waals surface area contributed by atoms with Crippen molar-refractivity contribution in [2.24, 2.45) is 0 Å². The van der Waals surface area contributed by atoms with Crippen LogP contribution in [0.3, 0.4) is 0 Å². The Morgan fingerprint density at radius 1 is 0.526 bits per heavy atom. The van der Waals surface area contributed by atoms with E-state index in [4.69, 9.17) is 21.0 Å². The number of nitrogens with zero attached hydrogens (tertiary/aromatic N) is 13. The molecule has 0 unspecified atom stereocenters. The van der Waals surface area contributed by atoms with E-state index in [1.165, 1.54) is 36.5 Å². The van der Waals surface area contributed by atoms with Gasteiger partial charge in [0.2, 0.25) is 0 Å². The molecule has 0 aliphatic heterocycles. The quantitative estimate of drug-likeness (QED) is 0.107. The molecule has 5 radical (unpaired) electrons. The van der Waals surface area contributed by atoms with Gasteiger partial charge in [-0.1, -0.05) is 53.6 Å². The summed E-state index contributed by atoms with van der Waals surface area (Å²) in [6.45, 7) is 2.16. The van der Waals surface area contributed by atoms with Crippen molar-refractivity contribution >= 4 is 11.3 Å². The zero-order valence-electron chi connectivity index (χ0n) is 39.3. The summed E-state index contributed by atoms with van der Waals surface area (Å²) in [4.78, 5) is 29.3. The monoisotopic (exact) mass is 1720 g/mol. The second kappa shape index (κ2) is 37.8. The number of benzene rings is 4. The normalized spacial score (nSPS) is 8.97. The van der Waals surface area contributed by atoms with Gasteiger partial charge in [0.1, 0.15) is 12.7 Å². The van der Waals surface area contributed by atoms with Crippen LogP contribution >= 0.6 is 11.3 Å². The van der Waals surface area contributed by atoms with Gasteiger partial charge in [0, 0.05) is 142 Å². The molecule has 0 aliphatic carbocycles. The molecule has 0 saturated carbocycles. The van der Waals surface area contributed by atoms with Crippen LogP contribution < -0.4 is 0 Å². The minimum Gasteiger partial charge on any atom is -0.305 e. The molecule has 10 rings (SSSR count). The van der Waals surface area contributed by atoms with Gasteiger partial charge in [-0.2, -0.15) is 38.3 Å². The topological polar surface area (TPSA) is 211 Å². The molecular formula is C56H35FIr3N13Rh2S-5. The zero-order valence-corrected chi connectivity index (χ0v) is 50.6. The maximum absolute atomic E-state index is 13.6. The molecule has 0 aliphatic rings. The van der Waals surface area contributed by atoms with E-state index < -0.39 is 5.82 Å². The standard InChI is InChI=1S/C15H13N2.C12H7N2.C11H5FN3.C10H5N4.C8H5N2S.3Ir.2Rh/c1-2-4-12-7-8-17-15(10-12)14-6-3-5-13(9-14)11-16;13-9-10-4-3-5-11(8-10)12-6-1-2-7-14-12;12-11-8(7-13)3-1-4-9(11)10-5-2-6-14-15-10;11-5-8-2-1-3-9(4-8)10-13-6-12-7-14-10;1-3-7(11-6-1)8-9-4-2-5-10-8;;;;;/h3,5,7-10H,2,4H2,1H3;1-4,6-8H;1-3,5-6H;1-2,4,6-7H;1-2,4-6H;;;;;/q5*-1;;;;;. The molecular weight excluding hydrogens is 1690 g/mol. The number of aryl methyl sites for hydroxylation is 1. The van der Waals surface area contributed by atoms with Crippen LogP contribution in [-0.2, 0) is 106 Å². The summed E-state index contributed by atoms with van der Waals surface area (Å²) >= 11 is 1.60. The van der Waals surface area contributed by atoms with Gasteiger partial charge in [0.15, 0.2) is 0 Å². The van der Waals surface area contributed by atoms with Crippen molar-refractivity contribution in [2.75, 3.05) is 0 Å². The largest absolute Gasteiger partial charge is 0.305 e. The molecule has 0 amide bonds. The number of hydrogen-bond acceptors (Lipinski definition) is 14. The summed E-state index contributed by atoms with van der Waals surface area (Å²) in [6.07, 6.45) is 13.5. The molecule has 0 saturated heterocycles. The van der Waals surface area contributed by atoms with Gasteiger partial charge in [-0.25, -0.2) is 21.4 Å². The van der Waals surface area contributed by atoms with Crippen LogP contribution in [0.4, 0.5) is 4.39 Å². The summed E-state index contributed by atoms with van der Waals surface area (Å²) in [6, 6.07) is 58.1. The van der Waals surface area contributed by atoms with Crippen molar-refractivity contribution < 1.29 is 104 Å². The smallest absolute Gasteiger partial charge is 0.108 e. The SMILES string of the molecule is CCCc1ccnc(-c2[c-]ccc(C#N)c2)c1.N#Cc1cc[c-]c(-c2ccccn2)c1.N#Cc1cc[c-]c(-c2cccnn2)c1F.N#Cc1cc[c-]c(-c2ncncn2)c1.[Ir].[Ir].[Ir].[Rh].[Rh].[c-]1ccsc1-c1ncccn1. The third-order valence-electron chi connectivity index (χ3n) is 9.23. The second-order valence-corrected chi connectivity index (χ2v) is 15.0. The minimum absolute atomic E-state index is 0. The van der Waals surface area contributed by atoms with Gasteiger partial charge in [-0.05, 0) is 58.8 Å². The summed E-state index contributed by atoms with van der Waals surface area (Å²) in [7, 11) is 0. The van der Waals surface area contributed by atoms with E-state index in [1.807, 2.05) is 54.0 Å². The molecule has 0 spiro atoms. The molecule has 0 atom stereocenters. The predicted octanol–water partition coefficient (Wildman–Crippen LogP) is 11.0. The maximum atomic E-state index is 13.6. The minimum atomic E-state index is -0.611. The first-order chi connectivity index (χ1) is 34.9. The van der Waals surface area contributed by atoms with Gasteiger partial charge in [0.25, 0.3) is 0 Å². The molecule has 387 valence electrons. The van der Waals surface area contributed by atoms with E-state index in [0.717, 1.165) is 46.1 Å². The van der Waals surface area contributed by atoms with E-state index in [9.17, 15) is 4.39 Å². The zero-order chi connectivity index (χ0) is 49.9. The van der Waals surface area contributed by atoms with Crippen LogP contribution in [0.1, 0.15) is 41.2 Å². The van der Waals surface area contributed by atoms with Crippen molar-refractivity contribution in [1.29, 1.82) is 21.0 Å². The van der Waals surface area contributed by atoms with Crippen LogP contribution in [-0.4, -0.2) is 45.1 Å². The Bertz CT molecular complexity index is 3330. The fraction of sp³-hybridized carbons (Fsp3) is 0.0536. The predicted molar refractivity (Wildman–Crippen MR) is 264 cm³/mol. The van der Waals surface area contributed by atoms with Crippen molar-refractivity contribution in [1.82, 2.24) is 45.1 Å². The summed E-state index contributed by atoms with van der Waals surface area (Å²) < 4.78 is 13.6. The molecule has 0 fully saturated rings. The molecule has 4 aromatic carbocycles. The third kappa shape index (κ3) is 21.4. The molecule has 13 nitrogen and oxygen atoms in total. The van der Waals surface area contributed by atoms with E-state index in [0.29, 0.717) is 33.8 Å². The first-order valence-corrected chi connectivity index (χ1v) is 22.2. The summed E-state index contributed by atoms with van der Waals surface area (Å²) in [5, 5.41) is 44.3. The summed E-state index contributed by atoms with van der Waals surface area (Å²) in [5.41, 5.74) is 7.78. The van der Waals surface area contributed by atoms with Crippen molar-refractivity contribution in [3.05, 3.63) is 234 Å². The van der Waals surface area contributed by atoms with Gasteiger partial charge < -0.3 is 9.97 Å². The number of rotatable bonds is 7. The molecule has 20 heteroatoms. The fourth-order valence-corrected chi connectivity index (χ4v) is 6.58. The average Bonchev–Trinajstić information content (AvgIpc) is 4.01. The summed E-state index contributed by atoms with van der Waals surface area (Å²) in [5.74, 6) is 0.667. The van der Waals surface area contributed by atoms with Gasteiger partial charge in [0.05, 0.1) is 41.7 Å². The van der Waals surface area contributed by atoms with Gasteiger partial charge in [-0.15, -0.1) is 113 Å². The Morgan fingerprint density at radius 2 is 1.11 bits per heavy atom. The van der Waals surface area contributed by atoms with Crippen LogP contribution in [0.2, 0.25) is 0 Å². The van der Waals surface area contributed by atoms with E-state index in [1.54, 1.807) is 103 Å². The van der Waals surface area contributed by atoms with Crippen LogP contribution in [0, 0.1) is 81.5 Å². The van der Waals surface area contributed by atoms with Crippen molar-refractivity contribution in [3.8, 4) is 80.1 Å². The van der Waals surface area contributed by atoms with E-state index in [-0.39, 0.29) is 110 Å². The number of thiophene rings is 1. The Labute approximate surface area is 510 Å². The van der Waals surface area contributed by atoms with Crippen LogP contribution in [0.15, 0.2) is 170 Å². The Kier molecular flexibility index (Phi) is 33.4. The number of halogens is 1. The molecule has 6 aromatic heterocycles. The number of pyridine rings is 2. The Morgan fingerprint density at radius 3 is 1.66 bits per heavy atom.